The van der Waals surface area contributed by atoms with Crippen molar-refractivity contribution >= 4 is 12.0 Å². The number of aliphatic carboxylic acids is 1. The number of rotatable bonds is 12. The third kappa shape index (κ3) is 11.8. The molecule has 2 amide bonds. The Morgan fingerprint density at radius 2 is 1.75 bits per heavy atom. The van der Waals surface area contributed by atoms with E-state index in [-0.39, 0.29) is 18.5 Å². The first-order valence-electron chi connectivity index (χ1n) is 7.86. The topological polar surface area (TPSA) is 78.4 Å². The van der Waals surface area contributed by atoms with Crippen LogP contribution >= 0.6 is 0 Å². The first-order chi connectivity index (χ1) is 9.60. The summed E-state index contributed by atoms with van der Waals surface area (Å²) < 4.78 is 0. The Bertz CT molecular complexity index is 270. The largest absolute Gasteiger partial charge is 0.481 e. The molecule has 0 fully saturated rings. The number of nitrogens with one attached hydrogen (secondary N) is 2. The number of amides is 2. The van der Waals surface area contributed by atoms with Gasteiger partial charge in [-0.05, 0) is 25.7 Å². The molecule has 1 atom stereocenters. The lowest BCUT2D eigenvalue weighted by molar-refractivity contribution is -0.137. The van der Waals surface area contributed by atoms with Gasteiger partial charge in [-0.1, -0.05) is 39.5 Å². The average molecular weight is 286 g/mol. The second-order valence-corrected chi connectivity index (χ2v) is 5.23. The molecule has 3 N–H and O–H groups in total. The second-order valence-electron chi connectivity index (χ2n) is 5.23. The van der Waals surface area contributed by atoms with Crippen molar-refractivity contribution in [1.82, 2.24) is 10.6 Å². The van der Waals surface area contributed by atoms with E-state index in [0.717, 1.165) is 44.9 Å². The van der Waals surface area contributed by atoms with Gasteiger partial charge in [0.1, 0.15) is 0 Å². The van der Waals surface area contributed by atoms with Gasteiger partial charge in [-0.2, -0.15) is 0 Å². The molecule has 118 valence electrons. The lowest BCUT2D eigenvalue weighted by Gasteiger charge is -2.18. The fourth-order valence-corrected chi connectivity index (χ4v) is 2.10. The van der Waals surface area contributed by atoms with Gasteiger partial charge < -0.3 is 15.7 Å². The smallest absolute Gasteiger partial charge is 0.315 e. The third-order valence-electron chi connectivity index (χ3n) is 3.23. The zero-order valence-corrected chi connectivity index (χ0v) is 12.9. The van der Waals surface area contributed by atoms with Crippen LogP contribution in [0.5, 0.6) is 0 Å². The van der Waals surface area contributed by atoms with Crippen molar-refractivity contribution in [2.75, 3.05) is 6.54 Å². The molecule has 0 saturated carbocycles. The van der Waals surface area contributed by atoms with Crippen molar-refractivity contribution in [3.8, 4) is 0 Å². The van der Waals surface area contributed by atoms with Crippen molar-refractivity contribution in [2.24, 2.45) is 0 Å². The number of hydrogen-bond donors (Lipinski definition) is 3. The maximum atomic E-state index is 11.7. The van der Waals surface area contributed by atoms with Crippen LogP contribution in [-0.2, 0) is 4.79 Å². The molecule has 0 aliphatic heterocycles. The van der Waals surface area contributed by atoms with Crippen molar-refractivity contribution in [1.29, 1.82) is 0 Å². The summed E-state index contributed by atoms with van der Waals surface area (Å²) >= 11 is 0. The fourth-order valence-electron chi connectivity index (χ4n) is 2.10. The van der Waals surface area contributed by atoms with Gasteiger partial charge in [-0.3, -0.25) is 4.79 Å². The van der Waals surface area contributed by atoms with Crippen LogP contribution < -0.4 is 10.6 Å². The van der Waals surface area contributed by atoms with Gasteiger partial charge in [-0.15, -0.1) is 0 Å². The molecular weight excluding hydrogens is 256 g/mol. The number of urea groups is 1. The van der Waals surface area contributed by atoms with Gasteiger partial charge in [0.2, 0.25) is 0 Å². The Labute approximate surface area is 122 Å². The molecule has 0 aromatic rings. The first-order valence-corrected chi connectivity index (χ1v) is 7.86. The maximum Gasteiger partial charge on any atom is 0.315 e. The number of carbonyl (C=O) groups excluding carboxylic acids is 1. The Kier molecular flexibility index (Phi) is 12.0. The lowest BCUT2D eigenvalue weighted by Crippen LogP contribution is -2.42. The molecule has 0 aliphatic carbocycles. The van der Waals surface area contributed by atoms with E-state index in [1.807, 2.05) is 0 Å². The van der Waals surface area contributed by atoms with Crippen molar-refractivity contribution < 1.29 is 14.7 Å². The summed E-state index contributed by atoms with van der Waals surface area (Å²) in [6.45, 7) is 4.89. The Morgan fingerprint density at radius 3 is 2.35 bits per heavy atom. The Balaban J connectivity index is 3.65. The van der Waals surface area contributed by atoms with Crippen LogP contribution in [0.25, 0.3) is 0 Å². The van der Waals surface area contributed by atoms with E-state index in [2.05, 4.69) is 24.5 Å². The standard InChI is InChI=1S/C15H30N2O3/c1-3-5-10-13(9-4-2)17-15(20)16-12-8-6-7-11-14(18)19/h13H,3-12H2,1-2H3,(H,18,19)(H2,16,17,20). The molecule has 0 aliphatic rings. The van der Waals surface area contributed by atoms with Crippen LogP contribution in [0.1, 0.15) is 71.6 Å². The molecule has 5 nitrogen and oxygen atoms in total. The highest BCUT2D eigenvalue weighted by Crippen LogP contribution is 2.06. The molecular formula is C15H30N2O3. The molecule has 0 aromatic heterocycles. The van der Waals surface area contributed by atoms with E-state index in [1.54, 1.807) is 0 Å². The predicted molar refractivity (Wildman–Crippen MR) is 80.9 cm³/mol. The number of carboxylic acid groups (broad SMARTS) is 1. The van der Waals surface area contributed by atoms with E-state index in [0.29, 0.717) is 13.0 Å². The highest BCUT2D eigenvalue weighted by atomic mass is 16.4. The zero-order valence-electron chi connectivity index (χ0n) is 12.9. The molecule has 20 heavy (non-hydrogen) atoms. The van der Waals surface area contributed by atoms with Crippen LogP contribution in [0.2, 0.25) is 0 Å². The van der Waals surface area contributed by atoms with Gasteiger partial charge in [-0.25, -0.2) is 4.79 Å². The minimum atomic E-state index is -0.756. The molecule has 0 aromatic carbocycles. The van der Waals surface area contributed by atoms with Crippen LogP contribution in [0.3, 0.4) is 0 Å². The first kappa shape index (κ1) is 18.7. The van der Waals surface area contributed by atoms with E-state index in [4.69, 9.17) is 5.11 Å². The monoisotopic (exact) mass is 286 g/mol. The quantitative estimate of drug-likeness (QED) is 0.482. The molecule has 0 bridgehead atoms. The Hall–Kier alpha value is -1.26. The minimum Gasteiger partial charge on any atom is -0.481 e. The number of hydrogen-bond acceptors (Lipinski definition) is 2. The van der Waals surface area contributed by atoms with E-state index >= 15 is 0 Å². The molecule has 1 unspecified atom stereocenters. The summed E-state index contributed by atoms with van der Waals surface area (Å²) in [4.78, 5) is 22.0. The minimum absolute atomic E-state index is 0.0993. The summed E-state index contributed by atoms with van der Waals surface area (Å²) in [7, 11) is 0. The molecule has 5 heteroatoms. The van der Waals surface area contributed by atoms with E-state index < -0.39 is 5.97 Å². The molecule has 0 rings (SSSR count). The highest BCUT2D eigenvalue weighted by Gasteiger charge is 2.10. The molecule has 0 radical (unpaired) electrons. The summed E-state index contributed by atoms with van der Waals surface area (Å²) in [6.07, 6.45) is 7.96. The van der Waals surface area contributed by atoms with Gasteiger partial charge in [0.05, 0.1) is 0 Å². The SMILES string of the molecule is CCCCC(CCC)NC(=O)NCCCCCC(=O)O. The summed E-state index contributed by atoms with van der Waals surface area (Å²) in [5.74, 6) is -0.756. The summed E-state index contributed by atoms with van der Waals surface area (Å²) in [5.41, 5.74) is 0. The number of carbonyl (C=O) groups is 2. The van der Waals surface area contributed by atoms with Gasteiger partial charge in [0.15, 0.2) is 0 Å². The van der Waals surface area contributed by atoms with Crippen LogP contribution in [0, 0.1) is 0 Å². The van der Waals surface area contributed by atoms with Crippen molar-refractivity contribution in [3.05, 3.63) is 0 Å². The fraction of sp³-hybridized carbons (Fsp3) is 0.867. The predicted octanol–water partition coefficient (Wildman–Crippen LogP) is 3.29. The molecule has 0 heterocycles. The number of carboxylic acids is 1. The summed E-state index contributed by atoms with van der Waals surface area (Å²) in [6, 6.07) is 0.171. The lowest BCUT2D eigenvalue weighted by atomic mass is 10.1. The van der Waals surface area contributed by atoms with Gasteiger partial charge >= 0.3 is 12.0 Å². The zero-order chi connectivity index (χ0) is 15.2. The van der Waals surface area contributed by atoms with Crippen LogP contribution in [0.4, 0.5) is 4.79 Å². The van der Waals surface area contributed by atoms with Gasteiger partial charge in [0, 0.05) is 19.0 Å². The summed E-state index contributed by atoms with van der Waals surface area (Å²) in [5, 5.41) is 14.4. The van der Waals surface area contributed by atoms with Crippen molar-refractivity contribution in [3.63, 3.8) is 0 Å². The second kappa shape index (κ2) is 12.8. The van der Waals surface area contributed by atoms with Gasteiger partial charge in [0.25, 0.3) is 0 Å². The van der Waals surface area contributed by atoms with Crippen molar-refractivity contribution in [2.45, 2.75) is 77.7 Å². The highest BCUT2D eigenvalue weighted by molar-refractivity contribution is 5.74. The van der Waals surface area contributed by atoms with Crippen LogP contribution in [0.15, 0.2) is 0 Å². The molecule has 0 spiro atoms. The van der Waals surface area contributed by atoms with E-state index in [9.17, 15) is 9.59 Å². The van der Waals surface area contributed by atoms with E-state index in [1.165, 1.54) is 0 Å². The third-order valence-corrected chi connectivity index (χ3v) is 3.23. The Morgan fingerprint density at radius 1 is 1.00 bits per heavy atom. The average Bonchev–Trinajstić information content (AvgIpc) is 2.40. The normalized spacial score (nSPS) is 11.9. The number of unbranched alkanes of at least 4 members (excludes halogenated alkanes) is 3. The molecule has 0 saturated heterocycles. The van der Waals surface area contributed by atoms with Crippen LogP contribution in [-0.4, -0.2) is 29.7 Å². The maximum absolute atomic E-state index is 11.7.